The highest BCUT2D eigenvalue weighted by molar-refractivity contribution is 6.03. The number of carbonyl (C=O) groups excluding carboxylic acids is 2. The molecule has 43 heavy (non-hydrogen) atoms. The predicted octanol–water partition coefficient (Wildman–Crippen LogP) is 6.69. The van der Waals surface area contributed by atoms with Crippen LogP contribution in [0.5, 0.6) is 0 Å². The monoisotopic (exact) mass is 570 g/mol. The van der Waals surface area contributed by atoms with E-state index in [9.17, 15) is 9.59 Å². The van der Waals surface area contributed by atoms with Crippen LogP contribution in [-0.2, 0) is 6.42 Å². The van der Waals surface area contributed by atoms with Crippen molar-refractivity contribution in [2.45, 2.75) is 12.8 Å². The molecule has 0 atom stereocenters. The first-order valence-electron chi connectivity index (χ1n) is 13.6. The van der Waals surface area contributed by atoms with Gasteiger partial charge in [0, 0.05) is 18.4 Å². The Labute approximate surface area is 246 Å². The lowest BCUT2D eigenvalue weighted by molar-refractivity contribution is 0.102. The molecule has 1 aliphatic carbocycles. The molecule has 10 heteroatoms. The lowest BCUT2D eigenvalue weighted by Crippen LogP contribution is -2.13. The van der Waals surface area contributed by atoms with Crippen molar-refractivity contribution >= 4 is 40.7 Å². The van der Waals surface area contributed by atoms with Crippen molar-refractivity contribution in [2.75, 3.05) is 17.7 Å². The highest BCUT2D eigenvalue weighted by Gasteiger charge is 2.17. The zero-order valence-corrected chi connectivity index (χ0v) is 23.2. The number of hydrogen-bond acceptors (Lipinski definition) is 9. The average Bonchev–Trinajstić information content (AvgIpc) is 3.71. The molecule has 0 saturated carbocycles. The van der Waals surface area contributed by atoms with Gasteiger partial charge in [-0.15, -0.1) is 0 Å². The van der Waals surface area contributed by atoms with Crippen molar-refractivity contribution in [3.05, 3.63) is 114 Å². The van der Waals surface area contributed by atoms with E-state index in [4.69, 9.17) is 8.83 Å². The zero-order chi connectivity index (χ0) is 29.6. The molecule has 2 N–H and O–H groups in total. The first kappa shape index (κ1) is 27.3. The first-order valence-corrected chi connectivity index (χ1v) is 13.6. The number of para-hydroxylation sites is 2. The number of nitrogens with one attached hydrogen (secondary N) is 2. The van der Waals surface area contributed by atoms with Gasteiger partial charge in [0.05, 0.1) is 5.69 Å². The summed E-state index contributed by atoms with van der Waals surface area (Å²) >= 11 is 0. The van der Waals surface area contributed by atoms with E-state index in [0.29, 0.717) is 52.1 Å². The number of oxazole rings is 2. The Hall–Kier alpha value is -5.90. The van der Waals surface area contributed by atoms with E-state index in [0.717, 1.165) is 35.5 Å². The molecule has 0 bridgehead atoms. The van der Waals surface area contributed by atoms with Crippen molar-refractivity contribution in [3.8, 4) is 23.2 Å². The van der Waals surface area contributed by atoms with Gasteiger partial charge in [0.1, 0.15) is 28.3 Å². The maximum atomic E-state index is 12.5. The lowest BCUT2D eigenvalue weighted by atomic mass is 10.1. The molecule has 0 radical (unpaired) electrons. The molecule has 0 fully saturated rings. The van der Waals surface area contributed by atoms with E-state index in [2.05, 4.69) is 36.6 Å². The van der Waals surface area contributed by atoms with E-state index in [1.165, 1.54) is 0 Å². The van der Waals surface area contributed by atoms with Gasteiger partial charge in [-0.2, -0.15) is 0 Å². The molecule has 1 amide bonds. The number of aromatic nitrogens is 4. The third-order valence-electron chi connectivity index (χ3n) is 6.58. The van der Waals surface area contributed by atoms with Gasteiger partial charge in [-0.25, -0.2) is 19.9 Å². The third kappa shape index (κ3) is 6.23. The van der Waals surface area contributed by atoms with Crippen LogP contribution in [0, 0.1) is 0 Å². The van der Waals surface area contributed by atoms with Crippen LogP contribution in [0.25, 0.3) is 40.3 Å². The van der Waals surface area contributed by atoms with Crippen molar-refractivity contribution in [1.29, 1.82) is 0 Å². The number of aryl methyl sites for hydroxylation is 1. The number of carbonyl (C=O) groups is 2. The molecular formula is C33H26N6O4. The van der Waals surface area contributed by atoms with Crippen LogP contribution in [0.2, 0.25) is 0 Å². The van der Waals surface area contributed by atoms with Crippen molar-refractivity contribution in [3.63, 3.8) is 0 Å². The molecule has 7 rings (SSSR count). The Balaban J connectivity index is 0.000000167. The van der Waals surface area contributed by atoms with E-state index in [1.54, 1.807) is 36.4 Å². The van der Waals surface area contributed by atoms with Gasteiger partial charge in [-0.3, -0.25) is 9.59 Å². The fourth-order valence-electron chi connectivity index (χ4n) is 4.41. The maximum absolute atomic E-state index is 12.5. The van der Waals surface area contributed by atoms with E-state index in [1.807, 2.05) is 61.7 Å². The summed E-state index contributed by atoms with van der Waals surface area (Å²) in [6, 6.07) is 25.3. The van der Waals surface area contributed by atoms with Gasteiger partial charge in [-0.1, -0.05) is 30.3 Å². The summed E-state index contributed by atoms with van der Waals surface area (Å²) in [6.07, 6.45) is 6.51. The summed E-state index contributed by atoms with van der Waals surface area (Å²) in [5, 5.41) is 5.88. The Bertz CT molecular complexity index is 1910. The molecule has 10 nitrogen and oxygen atoms in total. The molecular weight excluding hydrogens is 544 g/mol. The summed E-state index contributed by atoms with van der Waals surface area (Å²) in [4.78, 5) is 40.5. The Morgan fingerprint density at radius 1 is 0.791 bits per heavy atom. The number of rotatable bonds is 6. The topological polar surface area (TPSA) is 136 Å². The predicted molar refractivity (Wildman–Crippen MR) is 164 cm³/mol. The second kappa shape index (κ2) is 12.3. The number of hydrogen-bond donors (Lipinski definition) is 2. The fraction of sp³-hybridized carbons (Fsp3) is 0.0909. The van der Waals surface area contributed by atoms with Crippen LogP contribution in [0.1, 0.15) is 38.9 Å². The molecule has 4 aromatic heterocycles. The number of nitrogens with zero attached hydrogens (tertiary/aromatic N) is 4. The number of allylic oxidation sites excluding steroid dienone is 1. The maximum Gasteiger partial charge on any atom is 0.274 e. The van der Waals surface area contributed by atoms with Gasteiger partial charge >= 0.3 is 0 Å². The van der Waals surface area contributed by atoms with Crippen molar-refractivity contribution < 1.29 is 18.4 Å². The van der Waals surface area contributed by atoms with Gasteiger partial charge in [0.25, 0.3) is 5.91 Å². The molecule has 4 heterocycles. The van der Waals surface area contributed by atoms with E-state index < -0.39 is 0 Å². The SMILES string of the molecule is CNc1ccc(NC(=O)c2cccc(-c3nc4c(o3)C=CCC4)n2)cc1.O=Cc1cccc(-c2nc3ccccc3o2)n1. The molecule has 0 unspecified atom stereocenters. The fourth-order valence-corrected chi connectivity index (χ4v) is 4.41. The molecule has 6 aromatic rings. The van der Waals surface area contributed by atoms with Gasteiger partial charge in [0.2, 0.25) is 11.8 Å². The van der Waals surface area contributed by atoms with Crippen LogP contribution < -0.4 is 10.6 Å². The molecule has 0 spiro atoms. The summed E-state index contributed by atoms with van der Waals surface area (Å²) in [5.74, 6) is 1.36. The van der Waals surface area contributed by atoms with E-state index in [-0.39, 0.29) is 5.91 Å². The third-order valence-corrected chi connectivity index (χ3v) is 6.58. The average molecular weight is 571 g/mol. The summed E-state index contributed by atoms with van der Waals surface area (Å²) in [6.45, 7) is 0. The van der Waals surface area contributed by atoms with Crippen LogP contribution in [0.3, 0.4) is 0 Å². The molecule has 1 aliphatic rings. The highest BCUT2D eigenvalue weighted by Crippen LogP contribution is 2.26. The number of anilines is 2. The Kier molecular flexibility index (Phi) is 7.81. The smallest absolute Gasteiger partial charge is 0.274 e. The summed E-state index contributed by atoms with van der Waals surface area (Å²) in [7, 11) is 1.85. The summed E-state index contributed by atoms with van der Waals surface area (Å²) in [5.41, 5.74) is 5.89. The minimum atomic E-state index is -0.278. The van der Waals surface area contributed by atoms with Gasteiger partial charge < -0.3 is 19.5 Å². The Morgan fingerprint density at radius 2 is 1.53 bits per heavy atom. The van der Waals surface area contributed by atoms with Crippen molar-refractivity contribution in [2.24, 2.45) is 0 Å². The second-order valence-corrected chi connectivity index (χ2v) is 9.51. The molecule has 2 aromatic carbocycles. The molecule has 212 valence electrons. The lowest BCUT2D eigenvalue weighted by Gasteiger charge is -2.06. The number of amides is 1. The normalized spacial score (nSPS) is 11.7. The first-order chi connectivity index (χ1) is 21.1. The zero-order valence-electron chi connectivity index (χ0n) is 23.2. The number of benzene rings is 2. The molecule has 0 saturated heterocycles. The minimum Gasteiger partial charge on any atom is -0.435 e. The number of fused-ring (bicyclic) bond motifs is 2. The largest absolute Gasteiger partial charge is 0.435 e. The Morgan fingerprint density at radius 3 is 2.30 bits per heavy atom. The summed E-state index contributed by atoms with van der Waals surface area (Å²) < 4.78 is 11.3. The van der Waals surface area contributed by atoms with Gasteiger partial charge in [-0.05, 0) is 79.6 Å². The standard InChI is InChI=1S/C20H18N4O2.C13H8N2O2/c1-21-13-9-11-14(12-10-13)22-19(25)16-6-4-7-17(23-16)20-24-15-5-2-3-8-18(15)26-20;16-8-9-4-3-6-11(14-9)13-15-10-5-1-2-7-12(10)17-13/h3-4,6-12,21H,2,5H2,1H3,(H,22,25);1-8H. The number of pyridine rings is 2. The van der Waals surface area contributed by atoms with Gasteiger partial charge in [0.15, 0.2) is 17.6 Å². The second-order valence-electron chi connectivity index (χ2n) is 9.51. The van der Waals surface area contributed by atoms with E-state index >= 15 is 0 Å². The minimum absolute atomic E-state index is 0.278. The van der Waals surface area contributed by atoms with Crippen molar-refractivity contribution in [1.82, 2.24) is 19.9 Å². The highest BCUT2D eigenvalue weighted by atomic mass is 16.4. The molecule has 0 aliphatic heterocycles. The van der Waals surface area contributed by atoms with Crippen LogP contribution in [0.15, 0.2) is 99.8 Å². The quantitative estimate of drug-likeness (QED) is 0.210. The van der Waals surface area contributed by atoms with Crippen LogP contribution in [-0.4, -0.2) is 39.2 Å². The van der Waals surface area contributed by atoms with Crippen LogP contribution >= 0.6 is 0 Å². The number of aldehydes is 1. The van der Waals surface area contributed by atoms with Crippen LogP contribution in [0.4, 0.5) is 11.4 Å².